The van der Waals surface area contributed by atoms with Crippen molar-refractivity contribution < 1.29 is 32.6 Å². The fraction of sp³-hybridized carbons (Fsp3) is 0.318. The molecule has 1 aliphatic rings. The maximum atomic E-state index is 12.6. The van der Waals surface area contributed by atoms with Crippen LogP contribution in [0, 0.1) is 0 Å². The summed E-state index contributed by atoms with van der Waals surface area (Å²) in [5, 5.41) is 16.4. The zero-order chi connectivity index (χ0) is 24.2. The number of hydrogen-bond donors (Lipinski definition) is 3. The molecule has 0 aromatic heterocycles. The smallest absolute Gasteiger partial charge is 0.407 e. The third-order valence-corrected chi connectivity index (χ3v) is 6.15. The highest BCUT2D eigenvalue weighted by Crippen LogP contribution is 2.44. The summed E-state index contributed by atoms with van der Waals surface area (Å²) in [4.78, 5) is 37.2. The van der Waals surface area contributed by atoms with Crippen molar-refractivity contribution in [2.24, 2.45) is 5.14 Å². The molecule has 2 amide bonds. The maximum absolute atomic E-state index is 12.6. The normalized spacial score (nSPS) is 13.5. The van der Waals surface area contributed by atoms with E-state index in [1.165, 1.54) is 7.05 Å². The molecule has 0 heterocycles. The van der Waals surface area contributed by atoms with Crippen LogP contribution in [0.25, 0.3) is 11.1 Å². The van der Waals surface area contributed by atoms with Crippen LogP contribution in [-0.2, 0) is 24.3 Å². The first kappa shape index (κ1) is 24.2. The van der Waals surface area contributed by atoms with E-state index in [1.807, 2.05) is 48.5 Å². The number of benzene rings is 2. The topological polar surface area (TPSA) is 156 Å². The number of carbonyl (C=O) groups excluding carboxylic acids is 2. The van der Waals surface area contributed by atoms with Crippen LogP contribution < -0.4 is 10.5 Å². The fourth-order valence-electron chi connectivity index (χ4n) is 3.80. The third-order valence-electron chi connectivity index (χ3n) is 5.40. The molecule has 1 atom stereocenters. The number of nitrogens with zero attached hydrogens (tertiary/aromatic N) is 1. The summed E-state index contributed by atoms with van der Waals surface area (Å²) >= 11 is 0. The SMILES string of the molecule is CN(CCS(N)(=O)=O)C(=O)C(CC(=O)O)NC(=O)OCC1c2ccccc2-c2ccccc21. The average molecular weight is 476 g/mol. The van der Waals surface area contributed by atoms with Gasteiger partial charge in [0, 0.05) is 19.5 Å². The first-order chi connectivity index (χ1) is 15.6. The van der Waals surface area contributed by atoms with E-state index in [9.17, 15) is 22.8 Å². The monoisotopic (exact) mass is 475 g/mol. The van der Waals surface area contributed by atoms with E-state index in [0.717, 1.165) is 27.2 Å². The van der Waals surface area contributed by atoms with Crippen molar-refractivity contribution in [3.8, 4) is 11.1 Å². The molecule has 0 saturated heterocycles. The van der Waals surface area contributed by atoms with Crippen LogP contribution in [0.4, 0.5) is 4.79 Å². The number of carboxylic acid groups (broad SMARTS) is 1. The Kier molecular flexibility index (Phi) is 7.34. The zero-order valence-corrected chi connectivity index (χ0v) is 18.7. The number of sulfonamides is 1. The number of carboxylic acids is 1. The van der Waals surface area contributed by atoms with E-state index in [-0.39, 0.29) is 19.1 Å². The Bertz CT molecular complexity index is 1120. The molecular weight excluding hydrogens is 450 g/mol. The minimum Gasteiger partial charge on any atom is -0.481 e. The summed E-state index contributed by atoms with van der Waals surface area (Å²) in [6, 6.07) is 14.1. The van der Waals surface area contributed by atoms with E-state index >= 15 is 0 Å². The van der Waals surface area contributed by atoms with Crippen LogP contribution in [-0.4, -0.2) is 68.4 Å². The molecule has 11 heteroatoms. The lowest BCUT2D eigenvalue weighted by Crippen LogP contribution is -2.49. The molecule has 1 unspecified atom stereocenters. The van der Waals surface area contributed by atoms with Crippen LogP contribution in [0.1, 0.15) is 23.5 Å². The number of amides is 2. The molecule has 1 aliphatic carbocycles. The number of nitrogens with one attached hydrogen (secondary N) is 1. The first-order valence-electron chi connectivity index (χ1n) is 10.2. The van der Waals surface area contributed by atoms with Gasteiger partial charge in [-0.05, 0) is 22.3 Å². The molecule has 2 aromatic rings. The Morgan fingerprint density at radius 1 is 1.09 bits per heavy atom. The van der Waals surface area contributed by atoms with Gasteiger partial charge in [-0.1, -0.05) is 48.5 Å². The summed E-state index contributed by atoms with van der Waals surface area (Å²) in [6.45, 7) is -0.255. The summed E-state index contributed by atoms with van der Waals surface area (Å²) in [6.07, 6.45) is -1.64. The van der Waals surface area contributed by atoms with Gasteiger partial charge < -0.3 is 20.1 Å². The van der Waals surface area contributed by atoms with Gasteiger partial charge in [0.2, 0.25) is 15.9 Å². The van der Waals surface area contributed by atoms with E-state index < -0.39 is 46.2 Å². The number of alkyl carbamates (subject to hydrolysis) is 1. The highest BCUT2D eigenvalue weighted by molar-refractivity contribution is 7.89. The van der Waals surface area contributed by atoms with Crippen molar-refractivity contribution in [2.75, 3.05) is 26.0 Å². The minimum absolute atomic E-state index is 0.00486. The highest BCUT2D eigenvalue weighted by atomic mass is 32.2. The van der Waals surface area contributed by atoms with Gasteiger partial charge in [0.25, 0.3) is 0 Å². The molecule has 2 aromatic carbocycles. The molecule has 0 aliphatic heterocycles. The first-order valence-corrected chi connectivity index (χ1v) is 11.9. The second-order valence-corrected chi connectivity index (χ2v) is 9.48. The van der Waals surface area contributed by atoms with E-state index in [0.29, 0.717) is 0 Å². The summed E-state index contributed by atoms with van der Waals surface area (Å²) in [7, 11) is -2.52. The summed E-state index contributed by atoms with van der Waals surface area (Å²) in [5.41, 5.74) is 4.12. The molecule has 0 radical (unpaired) electrons. The predicted molar refractivity (Wildman–Crippen MR) is 120 cm³/mol. The van der Waals surface area contributed by atoms with E-state index in [1.54, 1.807) is 0 Å². The number of primary sulfonamides is 1. The van der Waals surface area contributed by atoms with Crippen LogP contribution in [0.15, 0.2) is 48.5 Å². The molecule has 33 heavy (non-hydrogen) atoms. The molecule has 10 nitrogen and oxygen atoms in total. The van der Waals surface area contributed by atoms with Gasteiger partial charge in [-0.3, -0.25) is 9.59 Å². The predicted octanol–water partition coefficient (Wildman–Crippen LogP) is 1.12. The highest BCUT2D eigenvalue weighted by Gasteiger charge is 2.31. The Morgan fingerprint density at radius 2 is 1.64 bits per heavy atom. The van der Waals surface area contributed by atoms with Crippen LogP contribution >= 0.6 is 0 Å². The number of likely N-dealkylation sites (N-methyl/N-ethyl adjacent to an activating group) is 1. The standard InChI is InChI=1S/C22H25N3O7S/c1-25(10-11-33(23,30)31)21(28)19(12-20(26)27)24-22(29)32-13-18-16-8-4-2-6-14(16)15-7-3-5-9-17(15)18/h2-9,18-19H,10-13H2,1H3,(H,24,29)(H,26,27)(H2,23,30,31). The lowest BCUT2D eigenvalue weighted by molar-refractivity contribution is -0.142. The van der Waals surface area contributed by atoms with Crippen LogP contribution in [0.5, 0.6) is 0 Å². The summed E-state index contributed by atoms with van der Waals surface area (Å²) < 4.78 is 27.6. The molecule has 0 spiro atoms. The Labute approximate surface area is 191 Å². The van der Waals surface area contributed by atoms with Crippen molar-refractivity contribution in [2.45, 2.75) is 18.4 Å². The Hall–Kier alpha value is -3.44. The van der Waals surface area contributed by atoms with Gasteiger partial charge in [-0.15, -0.1) is 0 Å². The number of nitrogens with two attached hydrogens (primary N) is 1. The van der Waals surface area contributed by atoms with Crippen molar-refractivity contribution in [1.82, 2.24) is 10.2 Å². The third kappa shape index (κ3) is 6.08. The zero-order valence-electron chi connectivity index (χ0n) is 17.9. The summed E-state index contributed by atoms with van der Waals surface area (Å²) in [5.74, 6) is -2.78. The lowest BCUT2D eigenvalue weighted by atomic mass is 9.98. The second kappa shape index (κ2) is 10.0. The van der Waals surface area contributed by atoms with Gasteiger partial charge in [0.15, 0.2) is 0 Å². The van der Waals surface area contributed by atoms with E-state index in [2.05, 4.69) is 5.32 Å². The fourth-order valence-corrected chi connectivity index (χ4v) is 4.33. The number of aliphatic carboxylic acids is 1. The van der Waals surface area contributed by atoms with Gasteiger partial charge in [-0.25, -0.2) is 18.4 Å². The quantitative estimate of drug-likeness (QED) is 0.490. The Balaban J connectivity index is 1.66. The molecule has 4 N–H and O–H groups in total. The van der Waals surface area contributed by atoms with Crippen molar-refractivity contribution in [3.05, 3.63) is 59.7 Å². The minimum atomic E-state index is -3.81. The largest absolute Gasteiger partial charge is 0.481 e. The van der Waals surface area contributed by atoms with Gasteiger partial charge in [0.05, 0.1) is 12.2 Å². The van der Waals surface area contributed by atoms with Crippen molar-refractivity contribution in [3.63, 3.8) is 0 Å². The number of rotatable bonds is 9. The lowest BCUT2D eigenvalue weighted by Gasteiger charge is -2.23. The number of carbonyl (C=O) groups is 3. The van der Waals surface area contributed by atoms with Gasteiger partial charge in [0.1, 0.15) is 12.6 Å². The Morgan fingerprint density at radius 3 is 2.15 bits per heavy atom. The average Bonchev–Trinajstić information content (AvgIpc) is 3.08. The number of ether oxygens (including phenoxy) is 1. The van der Waals surface area contributed by atoms with Crippen molar-refractivity contribution in [1.29, 1.82) is 0 Å². The van der Waals surface area contributed by atoms with Crippen LogP contribution in [0.3, 0.4) is 0 Å². The maximum Gasteiger partial charge on any atom is 0.407 e. The molecular formula is C22H25N3O7S. The van der Waals surface area contributed by atoms with E-state index in [4.69, 9.17) is 15.0 Å². The number of fused-ring (bicyclic) bond motifs is 3. The van der Waals surface area contributed by atoms with Crippen LogP contribution in [0.2, 0.25) is 0 Å². The van der Waals surface area contributed by atoms with Gasteiger partial charge in [-0.2, -0.15) is 0 Å². The molecule has 0 saturated carbocycles. The molecule has 0 bridgehead atoms. The van der Waals surface area contributed by atoms with Gasteiger partial charge >= 0.3 is 12.1 Å². The number of hydrogen-bond acceptors (Lipinski definition) is 6. The van der Waals surface area contributed by atoms with Crippen molar-refractivity contribution >= 4 is 28.0 Å². The molecule has 0 fully saturated rings. The molecule has 3 rings (SSSR count). The molecule has 176 valence electrons. The second-order valence-electron chi connectivity index (χ2n) is 7.75.